The summed E-state index contributed by atoms with van der Waals surface area (Å²) in [5.41, 5.74) is 1.31. The summed E-state index contributed by atoms with van der Waals surface area (Å²) in [4.78, 5) is 0. The van der Waals surface area contributed by atoms with Crippen LogP contribution in [0.25, 0.3) is 0 Å². The lowest BCUT2D eigenvalue weighted by Gasteiger charge is -2.12. The van der Waals surface area contributed by atoms with E-state index in [0.717, 1.165) is 5.56 Å². The number of hydrogen-bond acceptors (Lipinski definition) is 2. The molecule has 0 bridgehead atoms. The van der Waals surface area contributed by atoms with Crippen LogP contribution in [0, 0.1) is 5.82 Å². The summed E-state index contributed by atoms with van der Waals surface area (Å²) in [7, 11) is 0. The summed E-state index contributed by atoms with van der Waals surface area (Å²) >= 11 is 0. The smallest absolute Gasteiger partial charge is 0.165 e. The average molecular weight is 198 g/mol. The van der Waals surface area contributed by atoms with Crippen LogP contribution < -0.4 is 0 Å². The molecule has 3 heteroatoms. The van der Waals surface area contributed by atoms with Crippen LogP contribution in [0.2, 0.25) is 0 Å². The SMILES string of the molecule is CCc1cc(F)c(O)c(C(C)CO)c1. The molecule has 2 nitrogen and oxygen atoms in total. The van der Waals surface area contributed by atoms with Crippen LogP contribution in [0.5, 0.6) is 5.75 Å². The quantitative estimate of drug-likeness (QED) is 0.781. The lowest BCUT2D eigenvalue weighted by atomic mass is 9.97. The minimum atomic E-state index is -0.611. The predicted molar refractivity (Wildman–Crippen MR) is 52.9 cm³/mol. The molecule has 0 aromatic heterocycles. The van der Waals surface area contributed by atoms with E-state index in [-0.39, 0.29) is 18.3 Å². The standard InChI is InChI=1S/C11H15FO2/c1-3-8-4-9(7(2)6-13)11(14)10(12)5-8/h4-5,7,13-14H,3,6H2,1-2H3. The summed E-state index contributed by atoms with van der Waals surface area (Å²) in [6.07, 6.45) is 0.711. The van der Waals surface area contributed by atoms with Gasteiger partial charge in [-0.15, -0.1) is 0 Å². The molecular weight excluding hydrogens is 183 g/mol. The first kappa shape index (κ1) is 11.0. The lowest BCUT2D eigenvalue weighted by molar-refractivity contribution is 0.269. The van der Waals surface area contributed by atoms with Crippen molar-refractivity contribution < 1.29 is 14.6 Å². The molecule has 2 N–H and O–H groups in total. The van der Waals surface area contributed by atoms with Gasteiger partial charge in [-0.05, 0) is 18.1 Å². The molecule has 0 saturated carbocycles. The van der Waals surface area contributed by atoms with E-state index in [1.54, 1.807) is 13.0 Å². The van der Waals surface area contributed by atoms with E-state index < -0.39 is 5.82 Å². The zero-order valence-corrected chi connectivity index (χ0v) is 8.42. The number of aromatic hydroxyl groups is 1. The van der Waals surface area contributed by atoms with Gasteiger partial charge >= 0.3 is 0 Å². The van der Waals surface area contributed by atoms with E-state index >= 15 is 0 Å². The van der Waals surface area contributed by atoms with E-state index in [0.29, 0.717) is 12.0 Å². The van der Waals surface area contributed by atoms with E-state index in [9.17, 15) is 9.50 Å². The van der Waals surface area contributed by atoms with Gasteiger partial charge in [-0.25, -0.2) is 4.39 Å². The van der Waals surface area contributed by atoms with Crippen molar-refractivity contribution in [2.24, 2.45) is 0 Å². The highest BCUT2D eigenvalue weighted by molar-refractivity contribution is 5.39. The molecule has 0 aliphatic heterocycles. The van der Waals surface area contributed by atoms with E-state index in [2.05, 4.69) is 0 Å². The molecule has 1 aromatic rings. The van der Waals surface area contributed by atoms with Gasteiger partial charge in [0.2, 0.25) is 0 Å². The van der Waals surface area contributed by atoms with Gasteiger partial charge in [0.25, 0.3) is 0 Å². The normalized spacial score (nSPS) is 12.9. The molecular formula is C11H15FO2. The van der Waals surface area contributed by atoms with Gasteiger partial charge in [0, 0.05) is 18.1 Å². The Morgan fingerprint density at radius 2 is 2.07 bits per heavy atom. The maximum atomic E-state index is 13.2. The second-order valence-corrected chi connectivity index (χ2v) is 3.45. The molecule has 1 rings (SSSR count). The fraction of sp³-hybridized carbons (Fsp3) is 0.455. The van der Waals surface area contributed by atoms with Crippen LogP contribution in [0.15, 0.2) is 12.1 Å². The molecule has 1 atom stereocenters. The number of aryl methyl sites for hydroxylation is 1. The van der Waals surface area contributed by atoms with Gasteiger partial charge in [0.15, 0.2) is 11.6 Å². The van der Waals surface area contributed by atoms with Crippen molar-refractivity contribution in [2.75, 3.05) is 6.61 Å². The Kier molecular flexibility index (Phi) is 3.47. The number of aliphatic hydroxyl groups is 1. The highest BCUT2D eigenvalue weighted by Crippen LogP contribution is 2.29. The first-order chi connectivity index (χ1) is 6.60. The Balaban J connectivity index is 3.20. The number of phenolic OH excluding ortho intramolecular Hbond substituents is 1. The zero-order chi connectivity index (χ0) is 10.7. The van der Waals surface area contributed by atoms with Crippen LogP contribution >= 0.6 is 0 Å². The molecule has 0 fully saturated rings. The van der Waals surface area contributed by atoms with Crippen LogP contribution in [0.1, 0.15) is 30.9 Å². The Bertz CT molecular complexity index is 323. The molecule has 78 valence electrons. The third-order valence-electron chi connectivity index (χ3n) is 2.37. The Hall–Kier alpha value is -1.09. The van der Waals surface area contributed by atoms with Crippen molar-refractivity contribution in [3.63, 3.8) is 0 Å². The van der Waals surface area contributed by atoms with Crippen LogP contribution in [0.3, 0.4) is 0 Å². The van der Waals surface area contributed by atoms with Crippen molar-refractivity contribution in [1.82, 2.24) is 0 Å². The van der Waals surface area contributed by atoms with Crippen molar-refractivity contribution in [3.05, 3.63) is 29.1 Å². The van der Waals surface area contributed by atoms with E-state index in [1.807, 2.05) is 6.92 Å². The van der Waals surface area contributed by atoms with Gasteiger partial charge < -0.3 is 10.2 Å². The topological polar surface area (TPSA) is 40.5 Å². The summed E-state index contributed by atoms with van der Waals surface area (Å²) in [6.45, 7) is 3.56. The summed E-state index contributed by atoms with van der Waals surface area (Å²) < 4.78 is 13.2. The minimum Gasteiger partial charge on any atom is -0.505 e. The van der Waals surface area contributed by atoms with E-state index in [1.165, 1.54) is 6.07 Å². The molecule has 0 spiro atoms. The first-order valence-electron chi connectivity index (χ1n) is 4.72. The Morgan fingerprint density at radius 3 is 2.57 bits per heavy atom. The highest BCUT2D eigenvalue weighted by Gasteiger charge is 2.14. The Labute approximate surface area is 83.0 Å². The average Bonchev–Trinajstić information content (AvgIpc) is 2.20. The van der Waals surface area contributed by atoms with Gasteiger partial charge in [-0.2, -0.15) is 0 Å². The monoisotopic (exact) mass is 198 g/mol. The minimum absolute atomic E-state index is 0.0971. The van der Waals surface area contributed by atoms with Gasteiger partial charge in [-0.1, -0.05) is 19.9 Å². The molecule has 0 amide bonds. The highest BCUT2D eigenvalue weighted by atomic mass is 19.1. The lowest BCUT2D eigenvalue weighted by Crippen LogP contribution is -2.01. The maximum Gasteiger partial charge on any atom is 0.165 e. The van der Waals surface area contributed by atoms with Crippen LogP contribution in [-0.4, -0.2) is 16.8 Å². The molecule has 1 unspecified atom stereocenters. The molecule has 0 saturated heterocycles. The fourth-order valence-electron chi connectivity index (χ4n) is 1.36. The number of aliphatic hydroxyl groups excluding tert-OH is 1. The van der Waals surface area contributed by atoms with Crippen LogP contribution in [0.4, 0.5) is 4.39 Å². The second-order valence-electron chi connectivity index (χ2n) is 3.45. The van der Waals surface area contributed by atoms with E-state index in [4.69, 9.17) is 5.11 Å². The summed E-state index contributed by atoms with van der Waals surface area (Å²) in [5.74, 6) is -1.19. The Morgan fingerprint density at radius 1 is 1.43 bits per heavy atom. The number of halogens is 1. The van der Waals surface area contributed by atoms with Crippen molar-refractivity contribution in [1.29, 1.82) is 0 Å². The largest absolute Gasteiger partial charge is 0.505 e. The second kappa shape index (κ2) is 4.42. The predicted octanol–water partition coefficient (Wildman–Crippen LogP) is 2.19. The third kappa shape index (κ3) is 2.04. The molecule has 14 heavy (non-hydrogen) atoms. The molecule has 0 heterocycles. The van der Waals surface area contributed by atoms with Gasteiger partial charge in [0.05, 0.1) is 0 Å². The van der Waals surface area contributed by atoms with Gasteiger partial charge in [-0.3, -0.25) is 0 Å². The number of rotatable bonds is 3. The molecule has 0 radical (unpaired) electrons. The summed E-state index contributed by atoms with van der Waals surface area (Å²) in [6, 6.07) is 3.06. The third-order valence-corrected chi connectivity index (χ3v) is 2.37. The van der Waals surface area contributed by atoms with Crippen molar-refractivity contribution >= 4 is 0 Å². The molecule has 1 aromatic carbocycles. The number of phenols is 1. The first-order valence-corrected chi connectivity index (χ1v) is 4.72. The van der Waals surface area contributed by atoms with Crippen molar-refractivity contribution in [2.45, 2.75) is 26.2 Å². The zero-order valence-electron chi connectivity index (χ0n) is 8.42. The van der Waals surface area contributed by atoms with Crippen molar-refractivity contribution in [3.8, 4) is 5.75 Å². The number of benzene rings is 1. The fourth-order valence-corrected chi connectivity index (χ4v) is 1.36. The maximum absolute atomic E-state index is 13.2. The van der Waals surface area contributed by atoms with Gasteiger partial charge in [0.1, 0.15) is 0 Å². The van der Waals surface area contributed by atoms with Crippen LogP contribution in [-0.2, 0) is 6.42 Å². The molecule has 0 aliphatic rings. The molecule has 0 aliphatic carbocycles. The summed E-state index contributed by atoms with van der Waals surface area (Å²) in [5, 5.41) is 18.4. The number of hydrogen-bond donors (Lipinski definition) is 2.